The van der Waals surface area contributed by atoms with Crippen LogP contribution < -0.4 is 4.74 Å². The second-order valence-electron chi connectivity index (χ2n) is 5.14. The molecule has 3 aromatic rings. The predicted octanol–water partition coefficient (Wildman–Crippen LogP) is 5.23. The number of hydrogen-bond donors (Lipinski definition) is 0. The summed E-state index contributed by atoms with van der Waals surface area (Å²) in [6.07, 6.45) is 0. The molecule has 1 aromatic heterocycles. The van der Waals surface area contributed by atoms with Crippen molar-refractivity contribution in [3.63, 3.8) is 0 Å². The van der Waals surface area contributed by atoms with E-state index in [0.29, 0.717) is 23.6 Å². The zero-order chi connectivity index (χ0) is 17.1. The van der Waals surface area contributed by atoms with Gasteiger partial charge in [-0.25, -0.2) is 18.2 Å². The van der Waals surface area contributed by atoms with Crippen molar-refractivity contribution in [2.45, 2.75) is 6.92 Å². The van der Waals surface area contributed by atoms with Crippen LogP contribution in [-0.4, -0.2) is 11.6 Å². The highest BCUT2D eigenvalue weighted by molar-refractivity contribution is 5.69. The van der Waals surface area contributed by atoms with Gasteiger partial charge in [-0.3, -0.25) is 0 Å². The molecule has 0 amide bonds. The van der Waals surface area contributed by atoms with Crippen LogP contribution in [0.2, 0.25) is 0 Å². The van der Waals surface area contributed by atoms with Gasteiger partial charge in [0.05, 0.1) is 18.0 Å². The topological polar surface area (TPSA) is 22.1 Å². The summed E-state index contributed by atoms with van der Waals surface area (Å²) in [5.41, 5.74) is 1.42. The molecule has 0 saturated heterocycles. The molecule has 122 valence electrons. The molecule has 0 spiro atoms. The van der Waals surface area contributed by atoms with E-state index in [1.54, 1.807) is 24.3 Å². The van der Waals surface area contributed by atoms with E-state index in [1.807, 2.05) is 6.92 Å². The summed E-state index contributed by atoms with van der Waals surface area (Å²) in [5, 5.41) is 0. The number of pyridine rings is 1. The Morgan fingerprint density at radius 2 is 1.62 bits per heavy atom. The van der Waals surface area contributed by atoms with E-state index in [4.69, 9.17) is 4.74 Å². The maximum absolute atomic E-state index is 14.1. The van der Waals surface area contributed by atoms with E-state index >= 15 is 0 Å². The molecule has 2 nitrogen and oxygen atoms in total. The molecule has 0 atom stereocenters. The van der Waals surface area contributed by atoms with Crippen LogP contribution in [0.15, 0.2) is 54.6 Å². The number of ether oxygens (including phenoxy) is 1. The van der Waals surface area contributed by atoms with Gasteiger partial charge in [0.15, 0.2) is 0 Å². The number of halogens is 3. The first-order valence-electron chi connectivity index (χ1n) is 7.43. The number of hydrogen-bond acceptors (Lipinski definition) is 2. The maximum Gasteiger partial charge on any atom is 0.135 e. The van der Waals surface area contributed by atoms with Crippen molar-refractivity contribution in [3.05, 3.63) is 72.0 Å². The van der Waals surface area contributed by atoms with E-state index in [9.17, 15) is 13.2 Å². The van der Waals surface area contributed by atoms with Crippen LogP contribution in [0, 0.1) is 17.5 Å². The Morgan fingerprint density at radius 3 is 2.33 bits per heavy atom. The van der Waals surface area contributed by atoms with Gasteiger partial charge in [0.1, 0.15) is 23.2 Å². The summed E-state index contributed by atoms with van der Waals surface area (Å²) >= 11 is 0. The normalized spacial score (nSPS) is 10.7. The van der Waals surface area contributed by atoms with Crippen molar-refractivity contribution in [2.75, 3.05) is 6.61 Å². The van der Waals surface area contributed by atoms with Crippen LogP contribution in [0.5, 0.6) is 5.75 Å². The molecule has 24 heavy (non-hydrogen) atoms. The molecule has 0 fully saturated rings. The van der Waals surface area contributed by atoms with Gasteiger partial charge in [-0.2, -0.15) is 0 Å². The summed E-state index contributed by atoms with van der Waals surface area (Å²) in [6, 6.07) is 12.4. The third-order valence-electron chi connectivity index (χ3n) is 3.44. The first-order chi connectivity index (χ1) is 11.6. The minimum atomic E-state index is -0.721. The third kappa shape index (κ3) is 3.40. The molecule has 2 aromatic carbocycles. The van der Waals surface area contributed by atoms with Crippen LogP contribution in [0.4, 0.5) is 13.2 Å². The average Bonchev–Trinajstić information content (AvgIpc) is 2.55. The number of benzene rings is 2. The van der Waals surface area contributed by atoms with Crippen LogP contribution in [0.25, 0.3) is 22.5 Å². The second kappa shape index (κ2) is 6.74. The van der Waals surface area contributed by atoms with Crippen molar-refractivity contribution in [2.24, 2.45) is 0 Å². The largest absolute Gasteiger partial charge is 0.494 e. The summed E-state index contributed by atoms with van der Waals surface area (Å²) in [7, 11) is 0. The summed E-state index contributed by atoms with van der Waals surface area (Å²) in [6.45, 7) is 2.23. The van der Waals surface area contributed by atoms with Crippen molar-refractivity contribution >= 4 is 0 Å². The molecular formula is C19H14F3NO. The summed E-state index contributed by atoms with van der Waals surface area (Å²) in [4.78, 5) is 4.38. The molecule has 0 N–H and O–H groups in total. The lowest BCUT2D eigenvalue weighted by molar-refractivity contribution is 0.340. The fourth-order valence-electron chi connectivity index (χ4n) is 2.39. The molecule has 0 unspecified atom stereocenters. The highest BCUT2D eigenvalue weighted by Gasteiger charge is 2.12. The van der Waals surface area contributed by atoms with Crippen molar-refractivity contribution in [1.82, 2.24) is 4.98 Å². The van der Waals surface area contributed by atoms with Crippen molar-refractivity contribution in [1.29, 1.82) is 0 Å². The Morgan fingerprint density at radius 1 is 0.875 bits per heavy atom. The number of rotatable bonds is 4. The minimum Gasteiger partial charge on any atom is -0.494 e. The van der Waals surface area contributed by atoms with E-state index in [1.165, 1.54) is 18.2 Å². The van der Waals surface area contributed by atoms with Gasteiger partial charge in [0.25, 0.3) is 0 Å². The van der Waals surface area contributed by atoms with Gasteiger partial charge in [0.2, 0.25) is 0 Å². The molecule has 3 rings (SSSR count). The smallest absolute Gasteiger partial charge is 0.135 e. The second-order valence-corrected chi connectivity index (χ2v) is 5.14. The molecule has 0 saturated carbocycles. The zero-order valence-corrected chi connectivity index (χ0v) is 12.9. The Hall–Kier alpha value is -2.82. The number of aromatic nitrogens is 1. The molecule has 0 aliphatic heterocycles. The Kier molecular flexibility index (Phi) is 4.51. The Labute approximate surface area is 137 Å². The lowest BCUT2D eigenvalue weighted by Gasteiger charge is -2.11. The van der Waals surface area contributed by atoms with Crippen molar-refractivity contribution < 1.29 is 17.9 Å². The van der Waals surface area contributed by atoms with Crippen molar-refractivity contribution in [3.8, 4) is 28.3 Å². The lowest BCUT2D eigenvalue weighted by atomic mass is 10.1. The van der Waals surface area contributed by atoms with Gasteiger partial charge < -0.3 is 4.74 Å². The molecule has 0 bridgehead atoms. The molecule has 0 aliphatic rings. The highest BCUT2D eigenvalue weighted by Crippen LogP contribution is 2.30. The van der Waals surface area contributed by atoms with Gasteiger partial charge >= 0.3 is 0 Å². The zero-order valence-electron chi connectivity index (χ0n) is 12.9. The van der Waals surface area contributed by atoms with Crippen LogP contribution in [-0.2, 0) is 0 Å². The van der Waals surface area contributed by atoms with E-state index in [0.717, 1.165) is 12.1 Å². The summed E-state index contributed by atoms with van der Waals surface area (Å²) in [5.74, 6) is -1.31. The van der Waals surface area contributed by atoms with Crippen LogP contribution in [0.1, 0.15) is 6.92 Å². The predicted molar refractivity (Wildman–Crippen MR) is 86.2 cm³/mol. The van der Waals surface area contributed by atoms with Gasteiger partial charge in [0, 0.05) is 29.3 Å². The van der Waals surface area contributed by atoms with E-state index < -0.39 is 17.5 Å². The lowest BCUT2D eigenvalue weighted by Crippen LogP contribution is -1.97. The third-order valence-corrected chi connectivity index (χ3v) is 3.44. The van der Waals surface area contributed by atoms with E-state index in [2.05, 4.69) is 4.98 Å². The Balaban J connectivity index is 2.15. The first-order valence-corrected chi connectivity index (χ1v) is 7.43. The number of nitrogens with zero attached hydrogens (tertiary/aromatic N) is 1. The van der Waals surface area contributed by atoms with Crippen LogP contribution >= 0.6 is 0 Å². The Bertz CT molecular complexity index is 880. The van der Waals surface area contributed by atoms with Gasteiger partial charge in [-0.1, -0.05) is 12.1 Å². The average molecular weight is 329 g/mol. The van der Waals surface area contributed by atoms with E-state index in [-0.39, 0.29) is 11.3 Å². The highest BCUT2D eigenvalue weighted by atomic mass is 19.1. The van der Waals surface area contributed by atoms with Gasteiger partial charge in [-0.05, 0) is 31.2 Å². The minimum absolute atomic E-state index is 0.149. The fourth-order valence-corrected chi connectivity index (χ4v) is 2.39. The quantitative estimate of drug-likeness (QED) is 0.654. The summed E-state index contributed by atoms with van der Waals surface area (Å²) < 4.78 is 46.2. The molecule has 0 aliphatic carbocycles. The molecule has 5 heteroatoms. The standard InChI is InChI=1S/C19H14F3NO/c1-2-24-15-10-18(12-4-3-5-13(20)8-12)23-19(11-15)16-7-6-14(21)9-17(16)22/h3-11H,2H2,1H3. The molecule has 1 heterocycles. The molecule has 0 radical (unpaired) electrons. The SMILES string of the molecule is CCOc1cc(-c2cccc(F)c2)nc(-c2ccc(F)cc2F)c1. The van der Waals surface area contributed by atoms with Gasteiger partial charge in [-0.15, -0.1) is 0 Å². The monoisotopic (exact) mass is 329 g/mol. The maximum atomic E-state index is 14.1. The van der Waals surface area contributed by atoms with Crippen LogP contribution in [0.3, 0.4) is 0 Å². The first kappa shape index (κ1) is 16.1. The molecular weight excluding hydrogens is 315 g/mol. The fraction of sp³-hybridized carbons (Fsp3) is 0.105.